The van der Waals surface area contributed by atoms with E-state index in [0.29, 0.717) is 5.52 Å². The van der Waals surface area contributed by atoms with Crippen LogP contribution in [0.2, 0.25) is 0 Å². The Bertz CT molecular complexity index is 1310. The molecule has 1 aliphatic carbocycles. The lowest BCUT2D eigenvalue weighted by Gasteiger charge is -2.34. The van der Waals surface area contributed by atoms with Gasteiger partial charge in [0, 0.05) is 43.5 Å². The van der Waals surface area contributed by atoms with E-state index in [1.165, 1.54) is 0 Å². The minimum atomic E-state index is -4.71. The van der Waals surface area contributed by atoms with E-state index in [0.717, 1.165) is 73.8 Å². The van der Waals surface area contributed by atoms with E-state index >= 15 is 0 Å². The van der Waals surface area contributed by atoms with Crippen LogP contribution in [0.15, 0.2) is 47.5 Å². The van der Waals surface area contributed by atoms with E-state index in [1.807, 2.05) is 13.1 Å². The number of piperazine rings is 1. The van der Waals surface area contributed by atoms with Gasteiger partial charge in [-0.05, 0) is 56.3 Å². The van der Waals surface area contributed by atoms with Crippen LogP contribution in [0, 0.1) is 0 Å². The number of nitrogens with one attached hydrogen (secondary N) is 1. The molecule has 0 bridgehead atoms. The third-order valence-electron chi connectivity index (χ3n) is 6.35. The molecule has 5 rings (SSSR count). The minimum Gasteiger partial charge on any atom is -0.369 e. The van der Waals surface area contributed by atoms with Gasteiger partial charge in [-0.25, -0.2) is 4.98 Å². The maximum absolute atomic E-state index is 13.8. The van der Waals surface area contributed by atoms with Crippen LogP contribution < -0.4 is 15.8 Å². The molecule has 10 heteroatoms. The van der Waals surface area contributed by atoms with E-state index in [1.54, 1.807) is 12.1 Å². The van der Waals surface area contributed by atoms with Crippen molar-refractivity contribution in [1.29, 1.82) is 0 Å². The van der Waals surface area contributed by atoms with E-state index in [2.05, 4.69) is 20.1 Å². The highest BCUT2D eigenvalue weighted by atomic mass is 19.4. The first-order chi connectivity index (χ1) is 16.2. The smallest absolute Gasteiger partial charge is 0.369 e. The molecule has 1 saturated carbocycles. The fourth-order valence-electron chi connectivity index (χ4n) is 4.15. The molecule has 3 aromatic rings. The van der Waals surface area contributed by atoms with Gasteiger partial charge in [0.2, 0.25) is 0 Å². The normalized spacial score (nSPS) is 17.2. The first-order valence-electron chi connectivity index (χ1n) is 11.2. The molecule has 34 heavy (non-hydrogen) atoms. The fraction of sp³-hybridized carbons (Fsp3) is 0.375. The summed E-state index contributed by atoms with van der Waals surface area (Å²) in [5.74, 6) is -0.461. The number of fused-ring (bicyclic) bond motifs is 1. The van der Waals surface area contributed by atoms with Crippen molar-refractivity contribution < 1.29 is 18.0 Å². The van der Waals surface area contributed by atoms with Crippen LogP contribution >= 0.6 is 0 Å². The van der Waals surface area contributed by atoms with Crippen LogP contribution in [0.5, 0.6) is 0 Å². The molecule has 0 unspecified atom stereocenters. The van der Waals surface area contributed by atoms with Crippen molar-refractivity contribution in [1.82, 2.24) is 19.8 Å². The van der Waals surface area contributed by atoms with Crippen LogP contribution in [0.1, 0.15) is 28.8 Å². The number of likely N-dealkylation sites (N-methyl/N-ethyl adjacent to an activating group) is 1. The molecule has 178 valence electrons. The predicted octanol–water partition coefficient (Wildman–Crippen LogP) is 3.05. The first kappa shape index (κ1) is 22.4. The van der Waals surface area contributed by atoms with Crippen molar-refractivity contribution in [3.8, 4) is 5.69 Å². The van der Waals surface area contributed by atoms with Gasteiger partial charge in [-0.1, -0.05) is 0 Å². The Balaban J connectivity index is 1.60. The zero-order chi connectivity index (χ0) is 24.0. The molecule has 2 fully saturated rings. The van der Waals surface area contributed by atoms with Crippen molar-refractivity contribution in [2.45, 2.75) is 25.1 Å². The van der Waals surface area contributed by atoms with Gasteiger partial charge in [0.05, 0.1) is 22.2 Å². The number of hydrogen-bond donors (Lipinski definition) is 1. The third kappa shape index (κ3) is 4.37. The summed E-state index contributed by atoms with van der Waals surface area (Å²) < 4.78 is 42.4. The monoisotopic (exact) mass is 471 g/mol. The SMILES string of the molecule is CN1CCN(c2ccc3ncn(-c4cc(C(=O)NC5CC5)ccc4C(F)(F)F)c(=O)c3c2)CC1. The molecule has 1 saturated heterocycles. The van der Waals surface area contributed by atoms with E-state index in [9.17, 15) is 22.8 Å². The number of hydrogen-bond acceptors (Lipinski definition) is 5. The highest BCUT2D eigenvalue weighted by molar-refractivity contribution is 5.95. The number of rotatable bonds is 4. The molecular weight excluding hydrogens is 447 g/mol. The molecule has 1 aromatic heterocycles. The van der Waals surface area contributed by atoms with Crippen LogP contribution in [0.25, 0.3) is 16.6 Å². The van der Waals surface area contributed by atoms with Gasteiger partial charge in [0.25, 0.3) is 11.5 Å². The quantitative estimate of drug-likeness (QED) is 0.634. The van der Waals surface area contributed by atoms with Crippen molar-refractivity contribution >= 4 is 22.5 Å². The Morgan fingerprint density at radius 2 is 1.79 bits per heavy atom. The van der Waals surface area contributed by atoms with Crippen molar-refractivity contribution in [2.75, 3.05) is 38.1 Å². The number of alkyl halides is 3. The van der Waals surface area contributed by atoms with Crippen LogP contribution in [-0.4, -0.2) is 59.6 Å². The van der Waals surface area contributed by atoms with Gasteiger partial charge in [0.15, 0.2) is 0 Å². The lowest BCUT2D eigenvalue weighted by atomic mass is 10.1. The van der Waals surface area contributed by atoms with Gasteiger partial charge in [0.1, 0.15) is 6.33 Å². The first-order valence-corrected chi connectivity index (χ1v) is 11.2. The molecule has 2 heterocycles. The number of nitrogens with zero attached hydrogens (tertiary/aromatic N) is 4. The van der Waals surface area contributed by atoms with Crippen LogP contribution in [0.3, 0.4) is 0 Å². The number of anilines is 1. The standard InChI is InChI=1S/C24H24F3N5O2/c1-30-8-10-31(11-9-30)17-5-7-20-18(13-17)23(34)32(14-28-20)21-12-15(22(33)29-16-3-4-16)2-6-19(21)24(25,26)27/h2,5-7,12-14,16H,3-4,8-11H2,1H3,(H,29,33). The lowest BCUT2D eigenvalue weighted by molar-refractivity contribution is -0.137. The molecule has 7 nitrogen and oxygen atoms in total. The molecule has 1 aliphatic heterocycles. The highest BCUT2D eigenvalue weighted by Crippen LogP contribution is 2.34. The molecule has 0 radical (unpaired) electrons. The number of aromatic nitrogens is 2. The number of carbonyl (C=O) groups is 1. The summed E-state index contributed by atoms with van der Waals surface area (Å²) in [6, 6.07) is 8.40. The summed E-state index contributed by atoms with van der Waals surface area (Å²) in [5.41, 5.74) is -0.755. The molecule has 2 aromatic carbocycles. The van der Waals surface area contributed by atoms with Crippen molar-refractivity contribution in [3.05, 3.63) is 64.2 Å². The van der Waals surface area contributed by atoms with Gasteiger partial charge in [-0.2, -0.15) is 13.2 Å². The van der Waals surface area contributed by atoms with Crippen molar-refractivity contribution in [3.63, 3.8) is 0 Å². The van der Waals surface area contributed by atoms with Crippen molar-refractivity contribution in [2.24, 2.45) is 0 Å². The number of carbonyl (C=O) groups excluding carboxylic acids is 1. The van der Waals surface area contributed by atoms with E-state index < -0.39 is 28.9 Å². The Labute approximate surface area is 193 Å². The zero-order valence-electron chi connectivity index (χ0n) is 18.6. The van der Waals surface area contributed by atoms with E-state index in [-0.39, 0.29) is 17.0 Å². The van der Waals surface area contributed by atoms with Gasteiger partial charge < -0.3 is 15.1 Å². The van der Waals surface area contributed by atoms with Crippen LogP contribution in [-0.2, 0) is 6.18 Å². The molecule has 1 amide bonds. The Kier molecular flexibility index (Phi) is 5.55. The maximum atomic E-state index is 13.8. The zero-order valence-corrected chi connectivity index (χ0v) is 18.6. The number of amides is 1. The molecule has 0 spiro atoms. The summed E-state index contributed by atoms with van der Waals surface area (Å²) >= 11 is 0. The topological polar surface area (TPSA) is 70.5 Å². The average molecular weight is 471 g/mol. The predicted molar refractivity (Wildman–Crippen MR) is 123 cm³/mol. The fourth-order valence-corrected chi connectivity index (χ4v) is 4.15. The maximum Gasteiger partial charge on any atom is 0.418 e. The van der Waals surface area contributed by atoms with E-state index in [4.69, 9.17) is 0 Å². The molecule has 1 N–H and O–H groups in total. The Hall–Kier alpha value is -3.40. The number of benzene rings is 2. The van der Waals surface area contributed by atoms with Gasteiger partial charge >= 0.3 is 6.18 Å². The summed E-state index contributed by atoms with van der Waals surface area (Å²) in [6.45, 7) is 3.32. The summed E-state index contributed by atoms with van der Waals surface area (Å²) in [7, 11) is 2.04. The molecule has 2 aliphatic rings. The van der Waals surface area contributed by atoms with Crippen LogP contribution in [0.4, 0.5) is 18.9 Å². The second-order valence-corrected chi connectivity index (χ2v) is 8.89. The van der Waals surface area contributed by atoms with Gasteiger partial charge in [-0.3, -0.25) is 14.2 Å². The Morgan fingerprint density at radius 1 is 1.06 bits per heavy atom. The lowest BCUT2D eigenvalue weighted by Crippen LogP contribution is -2.44. The minimum absolute atomic E-state index is 0.0521. The number of halogens is 3. The third-order valence-corrected chi connectivity index (χ3v) is 6.35. The molecule has 0 atom stereocenters. The Morgan fingerprint density at radius 3 is 2.47 bits per heavy atom. The largest absolute Gasteiger partial charge is 0.418 e. The second-order valence-electron chi connectivity index (χ2n) is 8.89. The summed E-state index contributed by atoms with van der Waals surface area (Å²) in [4.78, 5) is 34.5. The molecular formula is C24H24F3N5O2. The highest BCUT2D eigenvalue weighted by Gasteiger charge is 2.35. The summed E-state index contributed by atoms with van der Waals surface area (Å²) in [5, 5.41) is 2.99. The second kappa shape index (κ2) is 8.43. The van der Waals surface area contributed by atoms with Gasteiger partial charge in [-0.15, -0.1) is 0 Å². The average Bonchev–Trinajstić information content (AvgIpc) is 3.63. The summed E-state index contributed by atoms with van der Waals surface area (Å²) in [6.07, 6.45) is -1.92.